The molecule has 5 nitrogen and oxygen atoms in total. The zero-order valence-electron chi connectivity index (χ0n) is 17.7. The summed E-state index contributed by atoms with van der Waals surface area (Å²) in [6.45, 7) is 1.35. The van der Waals surface area contributed by atoms with Crippen LogP contribution in [0.2, 0.25) is 0 Å². The van der Waals surface area contributed by atoms with Gasteiger partial charge >= 0.3 is 0 Å². The molecule has 0 aliphatic carbocycles. The fourth-order valence-corrected chi connectivity index (χ4v) is 5.94. The van der Waals surface area contributed by atoms with Crippen molar-refractivity contribution in [1.29, 1.82) is 0 Å². The van der Waals surface area contributed by atoms with Crippen molar-refractivity contribution < 1.29 is 17.9 Å². The minimum atomic E-state index is -3.48. The number of sulfonamides is 1. The molecule has 0 saturated carbocycles. The van der Waals surface area contributed by atoms with Gasteiger partial charge in [0.25, 0.3) is 0 Å². The minimum absolute atomic E-state index is 0.0392. The van der Waals surface area contributed by atoms with Crippen LogP contribution in [0, 0.1) is 0 Å². The van der Waals surface area contributed by atoms with Crippen LogP contribution in [-0.2, 0) is 21.4 Å². The number of ketones is 1. The largest absolute Gasteiger partial charge is 0.369 e. The fourth-order valence-electron chi connectivity index (χ4n) is 3.92. The van der Waals surface area contributed by atoms with E-state index in [-0.39, 0.29) is 19.0 Å². The molecular weight excluding hydrogens is 426 g/mol. The van der Waals surface area contributed by atoms with Gasteiger partial charge in [-0.1, -0.05) is 54.1 Å². The van der Waals surface area contributed by atoms with Crippen LogP contribution in [0.25, 0.3) is 10.8 Å². The van der Waals surface area contributed by atoms with Crippen molar-refractivity contribution in [3.05, 3.63) is 71.8 Å². The van der Waals surface area contributed by atoms with E-state index in [4.69, 9.17) is 4.74 Å². The van der Waals surface area contributed by atoms with Crippen molar-refractivity contribution in [2.24, 2.45) is 0 Å². The molecule has 0 unspecified atom stereocenters. The first-order valence-electron chi connectivity index (χ1n) is 10.6. The van der Waals surface area contributed by atoms with Crippen LogP contribution in [0.15, 0.2) is 65.6 Å². The summed E-state index contributed by atoms with van der Waals surface area (Å²) in [5.74, 6) is -0.0854. The molecule has 1 fully saturated rings. The standard InChI is InChI=1S/C24H27NO4SSi/c26-23(20-9-8-18-6-2-3-7-19(18)14-20)17-29-16-21-15-22(10-11-24(21)31)30(27,28)25-12-4-1-5-13-25/h2-3,6-11,14-15H,1,4-5,12-13,16-17H2,31H3. The SMILES string of the molecule is O=C(COCc1cc(S(=O)(=O)N2CCCCC2)ccc1[SiH3])c1ccc2ccccc2c1. The summed E-state index contributed by atoms with van der Waals surface area (Å²) in [5, 5.41) is 3.19. The number of carbonyl (C=O) groups excluding carboxylic acids is 1. The van der Waals surface area contributed by atoms with Crippen molar-refractivity contribution in [2.45, 2.75) is 30.8 Å². The van der Waals surface area contributed by atoms with Crippen LogP contribution in [0.4, 0.5) is 0 Å². The highest BCUT2D eigenvalue weighted by Gasteiger charge is 2.26. The van der Waals surface area contributed by atoms with Crippen LogP contribution in [0.3, 0.4) is 0 Å². The molecule has 3 aromatic carbocycles. The summed E-state index contributed by atoms with van der Waals surface area (Å²) in [5.41, 5.74) is 1.46. The maximum atomic E-state index is 13.0. The summed E-state index contributed by atoms with van der Waals surface area (Å²) in [6, 6.07) is 18.8. The summed E-state index contributed by atoms with van der Waals surface area (Å²) in [4.78, 5) is 12.9. The van der Waals surface area contributed by atoms with Crippen LogP contribution in [0.5, 0.6) is 0 Å². The van der Waals surface area contributed by atoms with Crippen LogP contribution in [-0.4, -0.2) is 48.4 Å². The molecule has 1 aliphatic heterocycles. The van der Waals surface area contributed by atoms with Gasteiger partial charge in [-0.15, -0.1) is 0 Å². The number of ether oxygens (including phenoxy) is 1. The smallest absolute Gasteiger partial charge is 0.243 e. The first kappa shape index (κ1) is 21.9. The van der Waals surface area contributed by atoms with Gasteiger partial charge in [0.05, 0.1) is 11.5 Å². The van der Waals surface area contributed by atoms with Gasteiger partial charge in [-0.25, -0.2) is 8.42 Å². The Bertz CT molecular complexity index is 1200. The van der Waals surface area contributed by atoms with E-state index in [0.717, 1.165) is 51.0 Å². The van der Waals surface area contributed by atoms with Gasteiger partial charge in [-0.3, -0.25) is 4.79 Å². The average molecular weight is 454 g/mol. The molecule has 1 saturated heterocycles. The van der Waals surface area contributed by atoms with Crippen LogP contribution >= 0.6 is 0 Å². The monoisotopic (exact) mass is 453 g/mol. The lowest BCUT2D eigenvalue weighted by Crippen LogP contribution is -2.35. The Morgan fingerprint density at radius 2 is 1.68 bits per heavy atom. The maximum absolute atomic E-state index is 13.0. The van der Waals surface area contributed by atoms with Gasteiger partial charge in [0, 0.05) is 28.9 Å². The summed E-state index contributed by atoms with van der Waals surface area (Å²) in [7, 11) is -2.70. The molecule has 1 heterocycles. The highest BCUT2D eigenvalue weighted by molar-refractivity contribution is 7.89. The Balaban J connectivity index is 1.43. The first-order valence-corrected chi connectivity index (χ1v) is 13.1. The average Bonchev–Trinajstić information content (AvgIpc) is 2.80. The first-order chi connectivity index (χ1) is 14.9. The highest BCUT2D eigenvalue weighted by atomic mass is 32.2. The lowest BCUT2D eigenvalue weighted by Gasteiger charge is -2.26. The third kappa shape index (κ3) is 4.96. The van der Waals surface area contributed by atoms with Crippen molar-refractivity contribution in [2.75, 3.05) is 19.7 Å². The molecule has 162 valence electrons. The van der Waals surface area contributed by atoms with Gasteiger partial charge in [0.1, 0.15) is 6.61 Å². The minimum Gasteiger partial charge on any atom is -0.369 e. The van der Waals surface area contributed by atoms with E-state index in [9.17, 15) is 13.2 Å². The zero-order chi connectivity index (χ0) is 21.8. The van der Waals surface area contributed by atoms with Gasteiger partial charge in [0.2, 0.25) is 10.0 Å². The lowest BCUT2D eigenvalue weighted by atomic mass is 10.0. The number of hydrogen-bond donors (Lipinski definition) is 0. The van der Waals surface area contributed by atoms with Crippen molar-refractivity contribution in [1.82, 2.24) is 4.31 Å². The number of piperidine rings is 1. The number of hydrogen-bond acceptors (Lipinski definition) is 4. The predicted octanol–water partition coefficient (Wildman–Crippen LogP) is 2.40. The van der Waals surface area contributed by atoms with Crippen molar-refractivity contribution in [3.63, 3.8) is 0 Å². The summed E-state index contributed by atoms with van der Waals surface area (Å²) in [6.07, 6.45) is 2.89. The number of Topliss-reactive ketones (excluding diaryl/α,β-unsaturated/α-hetero) is 1. The Morgan fingerprint density at radius 1 is 0.935 bits per heavy atom. The number of carbonyl (C=O) groups is 1. The topological polar surface area (TPSA) is 63.7 Å². The normalized spacial score (nSPS) is 15.4. The molecule has 0 radical (unpaired) electrons. The number of nitrogens with zero attached hydrogens (tertiary/aromatic N) is 1. The molecular formula is C24H27NO4SSi. The Labute approximate surface area is 186 Å². The van der Waals surface area contributed by atoms with Crippen LogP contribution < -0.4 is 5.19 Å². The number of fused-ring (bicyclic) bond motifs is 1. The molecule has 31 heavy (non-hydrogen) atoms. The second-order valence-electron chi connectivity index (χ2n) is 8.03. The molecule has 0 N–H and O–H groups in total. The lowest BCUT2D eigenvalue weighted by molar-refractivity contribution is 0.0727. The van der Waals surface area contributed by atoms with E-state index in [0.29, 0.717) is 23.5 Å². The third-order valence-corrected chi connectivity index (χ3v) is 8.71. The Kier molecular flexibility index (Phi) is 6.67. The predicted molar refractivity (Wildman–Crippen MR) is 127 cm³/mol. The quantitative estimate of drug-likeness (QED) is 0.407. The van der Waals surface area contributed by atoms with Crippen molar-refractivity contribution in [3.8, 4) is 0 Å². The Hall–Kier alpha value is -2.32. The Morgan fingerprint density at radius 3 is 2.45 bits per heavy atom. The molecule has 3 aromatic rings. The van der Waals surface area contributed by atoms with Crippen molar-refractivity contribution >= 4 is 42.0 Å². The molecule has 0 atom stereocenters. The molecule has 0 bridgehead atoms. The van der Waals surface area contributed by atoms with E-state index in [1.165, 1.54) is 0 Å². The van der Waals surface area contributed by atoms with Gasteiger partial charge in [-0.2, -0.15) is 4.31 Å². The van der Waals surface area contributed by atoms with E-state index < -0.39 is 10.0 Å². The van der Waals surface area contributed by atoms with Gasteiger partial charge < -0.3 is 4.74 Å². The van der Waals surface area contributed by atoms with E-state index in [2.05, 4.69) is 0 Å². The molecule has 7 heteroatoms. The molecule has 0 amide bonds. The second-order valence-corrected chi connectivity index (χ2v) is 11.0. The summed E-state index contributed by atoms with van der Waals surface area (Å²) < 4.78 is 33.2. The fraction of sp³-hybridized carbons (Fsp3) is 0.292. The molecule has 1 aliphatic rings. The molecule has 0 aromatic heterocycles. The van der Waals surface area contributed by atoms with E-state index in [1.807, 2.05) is 48.5 Å². The third-order valence-electron chi connectivity index (χ3n) is 5.84. The number of rotatable bonds is 7. The van der Waals surface area contributed by atoms with E-state index in [1.54, 1.807) is 16.4 Å². The number of benzene rings is 3. The highest BCUT2D eigenvalue weighted by Crippen LogP contribution is 2.21. The van der Waals surface area contributed by atoms with Gasteiger partial charge in [-0.05, 0) is 47.4 Å². The maximum Gasteiger partial charge on any atom is 0.243 e. The second kappa shape index (κ2) is 9.44. The summed E-state index contributed by atoms with van der Waals surface area (Å²) >= 11 is 0. The van der Waals surface area contributed by atoms with E-state index >= 15 is 0 Å². The molecule has 4 rings (SSSR count). The van der Waals surface area contributed by atoms with Crippen LogP contribution in [0.1, 0.15) is 35.2 Å². The van der Waals surface area contributed by atoms with Gasteiger partial charge in [0.15, 0.2) is 5.78 Å². The zero-order valence-corrected chi connectivity index (χ0v) is 20.5. The molecule has 0 spiro atoms.